The van der Waals surface area contributed by atoms with Gasteiger partial charge in [0.05, 0.1) is 6.61 Å². The first kappa shape index (κ1) is 11.3. The maximum Gasteiger partial charge on any atom is 0.121 e. The third kappa shape index (κ3) is 2.47. The SMILES string of the molecule is CCOc1cccc(N2CCNCC2C)c1. The summed E-state index contributed by atoms with van der Waals surface area (Å²) in [5, 5.41) is 3.40. The Labute approximate surface area is 97.4 Å². The molecule has 3 heteroatoms. The molecular formula is C13H20N2O. The van der Waals surface area contributed by atoms with Gasteiger partial charge in [-0.15, -0.1) is 0 Å². The van der Waals surface area contributed by atoms with E-state index >= 15 is 0 Å². The number of nitrogens with zero attached hydrogens (tertiary/aromatic N) is 1. The minimum Gasteiger partial charge on any atom is -0.494 e. The van der Waals surface area contributed by atoms with Gasteiger partial charge in [0.1, 0.15) is 5.75 Å². The molecule has 1 aromatic rings. The van der Waals surface area contributed by atoms with E-state index in [9.17, 15) is 0 Å². The Morgan fingerprint density at radius 3 is 3.12 bits per heavy atom. The second-order valence-corrected chi connectivity index (χ2v) is 4.18. The summed E-state index contributed by atoms with van der Waals surface area (Å²) >= 11 is 0. The molecule has 1 unspecified atom stereocenters. The highest BCUT2D eigenvalue weighted by atomic mass is 16.5. The fourth-order valence-electron chi connectivity index (χ4n) is 2.14. The van der Waals surface area contributed by atoms with Gasteiger partial charge in [-0.05, 0) is 26.0 Å². The molecule has 0 radical (unpaired) electrons. The van der Waals surface area contributed by atoms with Crippen molar-refractivity contribution < 1.29 is 4.74 Å². The normalized spacial score (nSPS) is 20.9. The molecule has 1 fully saturated rings. The fourth-order valence-corrected chi connectivity index (χ4v) is 2.14. The van der Waals surface area contributed by atoms with Crippen molar-refractivity contribution in [1.82, 2.24) is 5.32 Å². The molecule has 1 atom stereocenters. The maximum atomic E-state index is 5.53. The van der Waals surface area contributed by atoms with E-state index in [4.69, 9.17) is 4.74 Å². The predicted octanol–water partition coefficient (Wildman–Crippen LogP) is 1.88. The van der Waals surface area contributed by atoms with E-state index in [-0.39, 0.29) is 0 Å². The number of anilines is 1. The number of benzene rings is 1. The highest BCUT2D eigenvalue weighted by Crippen LogP contribution is 2.23. The lowest BCUT2D eigenvalue weighted by Gasteiger charge is -2.36. The third-order valence-corrected chi connectivity index (χ3v) is 2.96. The molecule has 1 heterocycles. The van der Waals surface area contributed by atoms with E-state index in [1.807, 2.05) is 13.0 Å². The molecule has 1 aliphatic rings. The van der Waals surface area contributed by atoms with Crippen LogP contribution in [-0.2, 0) is 0 Å². The number of nitrogens with one attached hydrogen (secondary N) is 1. The van der Waals surface area contributed by atoms with Crippen molar-refractivity contribution in [3.63, 3.8) is 0 Å². The van der Waals surface area contributed by atoms with Crippen LogP contribution in [0.3, 0.4) is 0 Å². The summed E-state index contributed by atoms with van der Waals surface area (Å²) in [6.07, 6.45) is 0. The van der Waals surface area contributed by atoms with Crippen LogP contribution in [0, 0.1) is 0 Å². The van der Waals surface area contributed by atoms with Crippen LogP contribution in [0.15, 0.2) is 24.3 Å². The molecule has 0 saturated carbocycles. The van der Waals surface area contributed by atoms with Gasteiger partial charge in [0.2, 0.25) is 0 Å². The Morgan fingerprint density at radius 1 is 1.50 bits per heavy atom. The van der Waals surface area contributed by atoms with Crippen LogP contribution in [0.4, 0.5) is 5.69 Å². The monoisotopic (exact) mass is 220 g/mol. The summed E-state index contributed by atoms with van der Waals surface area (Å²) in [5.74, 6) is 0.964. The van der Waals surface area contributed by atoms with E-state index in [1.165, 1.54) is 5.69 Å². The molecule has 16 heavy (non-hydrogen) atoms. The van der Waals surface area contributed by atoms with Crippen LogP contribution in [0.1, 0.15) is 13.8 Å². The highest BCUT2D eigenvalue weighted by Gasteiger charge is 2.18. The molecule has 0 bridgehead atoms. The van der Waals surface area contributed by atoms with Crippen LogP contribution in [0.2, 0.25) is 0 Å². The Hall–Kier alpha value is -1.22. The van der Waals surface area contributed by atoms with Crippen LogP contribution in [0.25, 0.3) is 0 Å². The van der Waals surface area contributed by atoms with Gasteiger partial charge >= 0.3 is 0 Å². The first-order valence-corrected chi connectivity index (χ1v) is 6.01. The summed E-state index contributed by atoms with van der Waals surface area (Å²) < 4.78 is 5.53. The predicted molar refractivity (Wildman–Crippen MR) is 67.3 cm³/mol. The number of ether oxygens (including phenoxy) is 1. The van der Waals surface area contributed by atoms with Gasteiger partial charge in [0.15, 0.2) is 0 Å². The maximum absolute atomic E-state index is 5.53. The van der Waals surface area contributed by atoms with Gasteiger partial charge in [-0.3, -0.25) is 0 Å². The molecule has 1 aromatic carbocycles. The molecule has 88 valence electrons. The molecule has 2 rings (SSSR count). The Morgan fingerprint density at radius 2 is 2.38 bits per heavy atom. The zero-order valence-electron chi connectivity index (χ0n) is 10.1. The van der Waals surface area contributed by atoms with Crippen molar-refractivity contribution in [3.05, 3.63) is 24.3 Å². The van der Waals surface area contributed by atoms with E-state index in [0.717, 1.165) is 32.0 Å². The minimum atomic E-state index is 0.547. The van der Waals surface area contributed by atoms with Gasteiger partial charge in [-0.1, -0.05) is 6.07 Å². The van der Waals surface area contributed by atoms with Crippen LogP contribution < -0.4 is 15.0 Å². The molecule has 1 aliphatic heterocycles. The summed E-state index contributed by atoms with van der Waals surface area (Å²) in [4.78, 5) is 2.43. The second-order valence-electron chi connectivity index (χ2n) is 4.18. The van der Waals surface area contributed by atoms with Crippen molar-refractivity contribution in [2.75, 3.05) is 31.1 Å². The lowest BCUT2D eigenvalue weighted by atomic mass is 10.2. The van der Waals surface area contributed by atoms with Gasteiger partial charge in [-0.25, -0.2) is 0 Å². The van der Waals surface area contributed by atoms with Gasteiger partial charge < -0.3 is 15.0 Å². The first-order chi connectivity index (χ1) is 7.81. The molecule has 0 aliphatic carbocycles. The lowest BCUT2D eigenvalue weighted by molar-refractivity contribution is 0.340. The van der Waals surface area contributed by atoms with E-state index < -0.39 is 0 Å². The smallest absolute Gasteiger partial charge is 0.121 e. The van der Waals surface area contributed by atoms with E-state index in [2.05, 4.69) is 35.3 Å². The summed E-state index contributed by atoms with van der Waals surface area (Å²) in [6, 6.07) is 8.91. The molecule has 1 N–H and O–H groups in total. The Balaban J connectivity index is 2.15. The largest absolute Gasteiger partial charge is 0.494 e. The summed E-state index contributed by atoms with van der Waals surface area (Å²) in [7, 11) is 0. The van der Waals surface area contributed by atoms with Gasteiger partial charge in [0.25, 0.3) is 0 Å². The lowest BCUT2D eigenvalue weighted by Crippen LogP contribution is -2.49. The fraction of sp³-hybridized carbons (Fsp3) is 0.538. The summed E-state index contributed by atoms with van der Waals surface area (Å²) in [6.45, 7) is 8.17. The topological polar surface area (TPSA) is 24.5 Å². The zero-order chi connectivity index (χ0) is 11.4. The van der Waals surface area contributed by atoms with Crippen molar-refractivity contribution in [2.24, 2.45) is 0 Å². The first-order valence-electron chi connectivity index (χ1n) is 6.01. The van der Waals surface area contributed by atoms with Crippen LogP contribution in [-0.4, -0.2) is 32.3 Å². The van der Waals surface area contributed by atoms with E-state index in [0.29, 0.717) is 6.04 Å². The van der Waals surface area contributed by atoms with Crippen LogP contribution in [0.5, 0.6) is 5.75 Å². The standard InChI is InChI=1S/C13H20N2O/c1-3-16-13-6-4-5-12(9-13)15-8-7-14-10-11(15)2/h4-6,9,11,14H,3,7-8,10H2,1-2H3. The average molecular weight is 220 g/mol. The van der Waals surface area contributed by atoms with Gasteiger partial charge in [0, 0.05) is 37.4 Å². The molecular weight excluding hydrogens is 200 g/mol. The summed E-state index contributed by atoms with van der Waals surface area (Å²) in [5.41, 5.74) is 1.26. The van der Waals surface area contributed by atoms with Gasteiger partial charge in [-0.2, -0.15) is 0 Å². The second kappa shape index (κ2) is 5.21. The van der Waals surface area contributed by atoms with Crippen LogP contribution >= 0.6 is 0 Å². The Kier molecular flexibility index (Phi) is 3.67. The molecule has 1 saturated heterocycles. The third-order valence-electron chi connectivity index (χ3n) is 2.96. The number of rotatable bonds is 3. The number of hydrogen-bond acceptors (Lipinski definition) is 3. The number of hydrogen-bond donors (Lipinski definition) is 1. The minimum absolute atomic E-state index is 0.547. The molecule has 0 spiro atoms. The van der Waals surface area contributed by atoms with Crippen molar-refractivity contribution >= 4 is 5.69 Å². The zero-order valence-corrected chi connectivity index (χ0v) is 10.1. The number of piperazine rings is 1. The molecule has 0 amide bonds. The van der Waals surface area contributed by atoms with Crippen molar-refractivity contribution in [3.8, 4) is 5.75 Å². The Bertz CT molecular complexity index is 340. The highest BCUT2D eigenvalue weighted by molar-refractivity contribution is 5.52. The average Bonchev–Trinajstić information content (AvgIpc) is 2.30. The van der Waals surface area contributed by atoms with Crippen molar-refractivity contribution in [1.29, 1.82) is 0 Å². The quantitative estimate of drug-likeness (QED) is 0.842. The van der Waals surface area contributed by atoms with E-state index in [1.54, 1.807) is 0 Å². The van der Waals surface area contributed by atoms with Crippen molar-refractivity contribution in [2.45, 2.75) is 19.9 Å². The molecule has 3 nitrogen and oxygen atoms in total. The molecule has 0 aromatic heterocycles.